The number of carbonyl (C=O) groups is 1. The van der Waals surface area contributed by atoms with Crippen LogP contribution in [0.1, 0.15) is 73.4 Å². The van der Waals surface area contributed by atoms with E-state index >= 15 is 0 Å². The minimum Gasteiger partial charge on any atom is -0.379 e. The summed E-state index contributed by atoms with van der Waals surface area (Å²) in [5.74, 6) is 3.62. The molecule has 0 saturated carbocycles. The zero-order chi connectivity index (χ0) is 31.4. The first-order valence-electron chi connectivity index (χ1n) is 16.7. The zero-order valence-corrected chi connectivity index (χ0v) is 26.9. The zero-order valence-electron chi connectivity index (χ0n) is 26.9. The monoisotopic (exact) mass is 621 g/mol. The lowest BCUT2D eigenvalue weighted by Gasteiger charge is -2.41. The molecule has 45 heavy (non-hydrogen) atoms. The summed E-state index contributed by atoms with van der Waals surface area (Å²) in [6.07, 6.45) is 12.2. The molecule has 2 fully saturated rings. The molecule has 0 spiro atoms. The largest absolute Gasteiger partial charge is 0.379 e. The van der Waals surface area contributed by atoms with E-state index in [-0.39, 0.29) is 11.9 Å². The predicted octanol–water partition coefficient (Wildman–Crippen LogP) is 3.42. The number of hydrogen-bond acceptors (Lipinski definition) is 8. The summed E-state index contributed by atoms with van der Waals surface area (Å²) in [6.45, 7) is 8.08. The Morgan fingerprint density at radius 2 is 1.62 bits per heavy atom. The van der Waals surface area contributed by atoms with Crippen molar-refractivity contribution in [3.05, 3.63) is 53.1 Å². The van der Waals surface area contributed by atoms with Crippen LogP contribution in [-0.2, 0) is 36.7 Å². The number of aromatic nitrogens is 2. The fraction of sp³-hybridized carbons (Fsp3) is 0.657. The van der Waals surface area contributed by atoms with Crippen molar-refractivity contribution < 1.29 is 23.7 Å². The molecule has 2 unspecified atom stereocenters. The number of aryl methyl sites for hydroxylation is 1. The van der Waals surface area contributed by atoms with Gasteiger partial charge in [0.25, 0.3) is 0 Å². The van der Waals surface area contributed by atoms with Crippen molar-refractivity contribution in [2.75, 3.05) is 65.9 Å². The van der Waals surface area contributed by atoms with Crippen LogP contribution in [0.3, 0.4) is 0 Å². The number of nitrogens with two attached hydrogens (primary N) is 1. The Morgan fingerprint density at radius 1 is 0.978 bits per heavy atom. The van der Waals surface area contributed by atoms with Gasteiger partial charge in [-0.1, -0.05) is 36.3 Å². The lowest BCUT2D eigenvalue weighted by atomic mass is 9.95. The van der Waals surface area contributed by atoms with E-state index in [1.165, 1.54) is 36.9 Å². The molecule has 2 saturated heterocycles. The van der Waals surface area contributed by atoms with E-state index in [1.807, 2.05) is 11.0 Å². The number of imidazole rings is 1. The van der Waals surface area contributed by atoms with Crippen LogP contribution in [0, 0.1) is 19.3 Å². The highest BCUT2D eigenvalue weighted by Gasteiger charge is 2.42. The van der Waals surface area contributed by atoms with Crippen LogP contribution in [0.25, 0.3) is 0 Å². The van der Waals surface area contributed by atoms with Gasteiger partial charge in [-0.25, -0.2) is 4.98 Å². The molecule has 1 aromatic heterocycles. The Hall–Kier alpha value is -2.78. The molecule has 0 aliphatic carbocycles. The molecule has 10 heteroatoms. The third-order valence-corrected chi connectivity index (χ3v) is 9.49. The summed E-state index contributed by atoms with van der Waals surface area (Å²) in [6, 6.07) is 12.3. The van der Waals surface area contributed by atoms with Crippen molar-refractivity contribution in [2.24, 2.45) is 5.73 Å². The number of nitrogens with zero attached hydrogens (tertiary/aromatic N) is 4. The topological polar surface area (TPSA) is 104 Å². The van der Waals surface area contributed by atoms with Gasteiger partial charge < -0.3 is 34.1 Å². The summed E-state index contributed by atoms with van der Waals surface area (Å²) in [5, 5.41) is 0. The van der Waals surface area contributed by atoms with Crippen molar-refractivity contribution in [3.63, 3.8) is 0 Å². The van der Waals surface area contributed by atoms with Crippen LogP contribution in [0.4, 0.5) is 0 Å². The van der Waals surface area contributed by atoms with E-state index in [1.54, 1.807) is 0 Å². The first-order valence-corrected chi connectivity index (χ1v) is 16.7. The Kier molecular flexibility index (Phi) is 12.9. The Morgan fingerprint density at radius 3 is 2.29 bits per heavy atom. The van der Waals surface area contributed by atoms with E-state index in [9.17, 15) is 4.79 Å². The lowest BCUT2D eigenvalue weighted by Crippen LogP contribution is -2.45. The number of piperidine rings is 1. The third kappa shape index (κ3) is 9.16. The maximum atomic E-state index is 13.0. The number of amides is 1. The Balaban J connectivity index is 1.00. The van der Waals surface area contributed by atoms with Crippen LogP contribution >= 0.6 is 0 Å². The van der Waals surface area contributed by atoms with Gasteiger partial charge in [0.2, 0.25) is 5.91 Å². The van der Waals surface area contributed by atoms with Gasteiger partial charge in [-0.2, -0.15) is 0 Å². The molecule has 2 aromatic rings. The number of hydrogen-bond donors (Lipinski definition) is 1. The summed E-state index contributed by atoms with van der Waals surface area (Å²) in [5.41, 5.74) is 10.2. The average molecular weight is 622 g/mol. The SMILES string of the molecule is C#CCOCCOCCOCCOCCC(=O)N1CCc2c(nc(C)n2C2CC3CCC(C2)N3CC[C@H](N)c2ccccc2)C1. The van der Waals surface area contributed by atoms with E-state index in [4.69, 9.17) is 36.1 Å². The quantitative estimate of drug-likeness (QED) is 0.200. The van der Waals surface area contributed by atoms with Crippen LogP contribution in [0.5, 0.6) is 0 Å². The minimum atomic E-state index is 0.0878. The Labute approximate surface area is 268 Å². The highest BCUT2D eigenvalue weighted by atomic mass is 16.6. The van der Waals surface area contributed by atoms with Gasteiger partial charge in [0.15, 0.2) is 0 Å². The standard InChI is InChI=1S/C35H51N5O5/c1-3-16-42-18-20-44-22-23-45-21-19-43-17-13-35(41)38-14-12-34-33(26-38)37-27(2)40(34)31-24-29-9-10-30(25-31)39(29)15-11-32(36)28-7-5-4-6-8-28/h1,4-8,29-32H,9-26,36H2,2H3/t29?,30?,31?,32-/m0/s1. The van der Waals surface area contributed by atoms with E-state index in [0.29, 0.717) is 83.9 Å². The predicted molar refractivity (Wildman–Crippen MR) is 173 cm³/mol. The molecule has 4 heterocycles. The number of carbonyl (C=O) groups excluding carboxylic acids is 1. The van der Waals surface area contributed by atoms with Crippen molar-refractivity contribution in [1.82, 2.24) is 19.4 Å². The second-order valence-corrected chi connectivity index (χ2v) is 12.4. The average Bonchev–Trinajstić information content (AvgIpc) is 3.51. The van der Waals surface area contributed by atoms with E-state index in [0.717, 1.165) is 37.4 Å². The van der Waals surface area contributed by atoms with Crippen molar-refractivity contribution in [2.45, 2.75) is 82.6 Å². The van der Waals surface area contributed by atoms with Crippen LogP contribution in [-0.4, -0.2) is 103 Å². The lowest BCUT2D eigenvalue weighted by molar-refractivity contribution is -0.133. The summed E-state index contributed by atoms with van der Waals surface area (Å²) < 4.78 is 24.2. The van der Waals surface area contributed by atoms with E-state index < -0.39 is 0 Å². The van der Waals surface area contributed by atoms with Crippen LogP contribution < -0.4 is 5.73 Å². The molecule has 3 atom stereocenters. The molecule has 3 aliphatic heterocycles. The van der Waals surface area contributed by atoms with Gasteiger partial charge in [0.1, 0.15) is 12.4 Å². The van der Waals surface area contributed by atoms with Crippen LogP contribution in [0.15, 0.2) is 30.3 Å². The third-order valence-electron chi connectivity index (χ3n) is 9.49. The molecule has 246 valence electrons. The van der Waals surface area contributed by atoms with E-state index in [2.05, 4.69) is 46.6 Å². The fourth-order valence-corrected chi connectivity index (χ4v) is 7.32. The van der Waals surface area contributed by atoms with Gasteiger partial charge >= 0.3 is 0 Å². The molecule has 2 bridgehead atoms. The first-order chi connectivity index (χ1) is 22.0. The maximum Gasteiger partial charge on any atom is 0.225 e. The number of benzene rings is 1. The van der Waals surface area contributed by atoms with Gasteiger partial charge in [-0.05, 0) is 44.6 Å². The number of rotatable bonds is 18. The normalized spacial score (nSPS) is 21.9. The number of ether oxygens (including phenoxy) is 4. The molecule has 3 aliphatic rings. The van der Waals surface area contributed by atoms with Crippen LogP contribution in [0.2, 0.25) is 0 Å². The van der Waals surface area contributed by atoms with Gasteiger partial charge in [-0.3, -0.25) is 9.69 Å². The maximum absolute atomic E-state index is 13.0. The minimum absolute atomic E-state index is 0.0878. The molecular weight excluding hydrogens is 570 g/mol. The molecule has 2 N–H and O–H groups in total. The Bertz CT molecular complexity index is 1230. The smallest absolute Gasteiger partial charge is 0.225 e. The molecule has 5 rings (SSSR count). The number of fused-ring (bicyclic) bond motifs is 3. The second-order valence-electron chi connectivity index (χ2n) is 12.4. The van der Waals surface area contributed by atoms with Gasteiger partial charge in [-0.15, -0.1) is 6.42 Å². The molecule has 0 radical (unpaired) electrons. The van der Waals surface area contributed by atoms with Gasteiger partial charge in [0.05, 0.1) is 64.9 Å². The first kappa shape index (κ1) is 33.6. The van der Waals surface area contributed by atoms with Crippen molar-refractivity contribution in [1.29, 1.82) is 0 Å². The summed E-state index contributed by atoms with van der Waals surface area (Å²) >= 11 is 0. The van der Waals surface area contributed by atoms with Crippen molar-refractivity contribution >= 4 is 5.91 Å². The molecule has 10 nitrogen and oxygen atoms in total. The number of terminal acetylenes is 1. The molecule has 1 amide bonds. The summed E-state index contributed by atoms with van der Waals surface area (Å²) in [7, 11) is 0. The second kappa shape index (κ2) is 17.2. The summed E-state index contributed by atoms with van der Waals surface area (Å²) in [4.78, 5) is 22.6. The molecular formula is C35H51N5O5. The highest BCUT2D eigenvalue weighted by molar-refractivity contribution is 5.76. The molecule has 1 aromatic carbocycles. The van der Waals surface area contributed by atoms with Crippen molar-refractivity contribution in [3.8, 4) is 12.3 Å². The fourth-order valence-electron chi connectivity index (χ4n) is 7.32. The highest BCUT2D eigenvalue weighted by Crippen LogP contribution is 2.42. The van der Waals surface area contributed by atoms with Gasteiger partial charge in [0, 0.05) is 49.4 Å².